The van der Waals surface area contributed by atoms with E-state index >= 15 is 0 Å². The number of fused-ring (bicyclic) bond motifs is 1. The van der Waals surface area contributed by atoms with Crippen LogP contribution in [0.2, 0.25) is 0 Å². The van der Waals surface area contributed by atoms with Gasteiger partial charge >= 0.3 is 6.09 Å². The van der Waals surface area contributed by atoms with Crippen LogP contribution in [-0.4, -0.2) is 17.5 Å². The van der Waals surface area contributed by atoms with E-state index in [0.29, 0.717) is 6.54 Å². The number of ether oxygens (including phenoxy) is 1. The molecule has 0 saturated heterocycles. The maximum atomic E-state index is 13.1. The number of hydrogen-bond acceptors (Lipinski definition) is 2. The van der Waals surface area contributed by atoms with Crippen LogP contribution in [0.1, 0.15) is 29.2 Å². The van der Waals surface area contributed by atoms with Gasteiger partial charge in [-0.25, -0.2) is 4.79 Å². The molecule has 3 nitrogen and oxygen atoms in total. The fraction of sp³-hybridized carbons (Fsp3) is 0.208. The summed E-state index contributed by atoms with van der Waals surface area (Å²) in [5, 5.41) is 0. The zero-order valence-electron chi connectivity index (χ0n) is 15.5. The normalized spacial score (nSPS) is 18.6. The Labute approximate surface area is 160 Å². The van der Waals surface area contributed by atoms with E-state index in [1.54, 1.807) is 0 Å². The first kappa shape index (κ1) is 17.3. The van der Waals surface area contributed by atoms with Crippen molar-refractivity contribution in [3.63, 3.8) is 0 Å². The number of benzene rings is 3. The first-order chi connectivity index (χ1) is 13.2. The summed E-state index contributed by atoms with van der Waals surface area (Å²) in [6.07, 6.45) is 0.554. The molecule has 0 N–H and O–H groups in total. The molecule has 0 bridgehead atoms. The van der Waals surface area contributed by atoms with Crippen molar-refractivity contribution in [3.05, 3.63) is 107 Å². The molecule has 1 aliphatic rings. The highest BCUT2D eigenvalue weighted by molar-refractivity contribution is 5.71. The molecule has 27 heavy (non-hydrogen) atoms. The first-order valence-electron chi connectivity index (χ1n) is 9.32. The number of carbonyl (C=O) groups excluding carboxylic acids is 1. The highest BCUT2D eigenvalue weighted by atomic mass is 16.6. The third-order valence-electron chi connectivity index (χ3n) is 5.45. The van der Waals surface area contributed by atoms with E-state index < -0.39 is 5.54 Å². The number of nitrogens with zero attached hydrogens (tertiary/aromatic N) is 1. The van der Waals surface area contributed by atoms with Gasteiger partial charge in [-0.05, 0) is 35.6 Å². The number of amides is 1. The Hall–Kier alpha value is -3.07. The predicted molar refractivity (Wildman–Crippen MR) is 106 cm³/mol. The summed E-state index contributed by atoms with van der Waals surface area (Å²) in [6.45, 7) is 3.03. The molecule has 3 aromatic carbocycles. The number of rotatable bonds is 3. The fourth-order valence-corrected chi connectivity index (χ4v) is 3.96. The van der Waals surface area contributed by atoms with Crippen LogP contribution >= 0.6 is 0 Å². The maximum Gasteiger partial charge on any atom is 0.411 e. The molecule has 1 aliphatic heterocycles. The smallest absolute Gasteiger partial charge is 0.411 e. The minimum absolute atomic E-state index is 0.278. The molecule has 0 aliphatic carbocycles. The van der Waals surface area contributed by atoms with Gasteiger partial charge < -0.3 is 4.74 Å². The van der Waals surface area contributed by atoms with Crippen LogP contribution in [-0.2, 0) is 23.3 Å². The molecule has 1 amide bonds. The van der Waals surface area contributed by atoms with Gasteiger partial charge in [0, 0.05) is 6.54 Å². The van der Waals surface area contributed by atoms with E-state index in [1.165, 1.54) is 11.1 Å². The van der Waals surface area contributed by atoms with Crippen LogP contribution in [0.4, 0.5) is 4.79 Å². The van der Waals surface area contributed by atoms with Gasteiger partial charge in [-0.15, -0.1) is 0 Å². The third-order valence-corrected chi connectivity index (χ3v) is 5.45. The quantitative estimate of drug-likeness (QED) is 0.649. The Morgan fingerprint density at radius 3 is 2.30 bits per heavy atom. The van der Waals surface area contributed by atoms with Crippen molar-refractivity contribution in [2.24, 2.45) is 0 Å². The topological polar surface area (TPSA) is 29.5 Å². The summed E-state index contributed by atoms with van der Waals surface area (Å²) in [7, 11) is 0. The van der Waals surface area contributed by atoms with E-state index in [4.69, 9.17) is 4.74 Å². The van der Waals surface area contributed by atoms with E-state index in [-0.39, 0.29) is 12.7 Å². The fourth-order valence-electron chi connectivity index (χ4n) is 3.96. The summed E-state index contributed by atoms with van der Waals surface area (Å²) < 4.78 is 5.69. The standard InChI is InChI=1S/C24H23NO2/c1-24(21-13-6-3-7-14-21)22-15-9-8-12-20(22)16-17-25(24)23(26)27-18-19-10-4-2-5-11-19/h2-15H,16-18H2,1H3. The Bertz CT molecular complexity index is 923. The monoisotopic (exact) mass is 357 g/mol. The molecule has 4 rings (SSSR count). The highest BCUT2D eigenvalue weighted by Gasteiger charge is 2.43. The van der Waals surface area contributed by atoms with Crippen LogP contribution < -0.4 is 0 Å². The predicted octanol–water partition coefficient (Wildman–Crippen LogP) is 5.15. The third kappa shape index (κ3) is 3.21. The van der Waals surface area contributed by atoms with Crippen LogP contribution in [0.3, 0.4) is 0 Å². The molecular formula is C24H23NO2. The molecule has 3 heteroatoms. The Balaban J connectivity index is 1.68. The Morgan fingerprint density at radius 1 is 0.926 bits per heavy atom. The van der Waals surface area contributed by atoms with Crippen molar-refractivity contribution < 1.29 is 9.53 Å². The minimum atomic E-state index is -0.552. The summed E-state index contributed by atoms with van der Waals surface area (Å²) in [6, 6.07) is 28.4. The van der Waals surface area contributed by atoms with Crippen molar-refractivity contribution in [2.75, 3.05) is 6.54 Å². The molecule has 0 fully saturated rings. The summed E-state index contributed by atoms with van der Waals surface area (Å²) in [4.78, 5) is 14.9. The van der Waals surface area contributed by atoms with Gasteiger partial charge in [0.1, 0.15) is 6.61 Å². The largest absolute Gasteiger partial charge is 0.445 e. The van der Waals surface area contributed by atoms with Gasteiger partial charge in [0.2, 0.25) is 0 Å². The minimum Gasteiger partial charge on any atom is -0.445 e. The molecular weight excluding hydrogens is 334 g/mol. The molecule has 1 heterocycles. The lowest BCUT2D eigenvalue weighted by atomic mass is 9.77. The van der Waals surface area contributed by atoms with E-state index in [9.17, 15) is 4.79 Å². The van der Waals surface area contributed by atoms with Crippen molar-refractivity contribution in [1.82, 2.24) is 4.90 Å². The van der Waals surface area contributed by atoms with Crippen LogP contribution in [0.5, 0.6) is 0 Å². The molecule has 3 aromatic rings. The molecule has 0 radical (unpaired) electrons. The summed E-state index contributed by atoms with van der Waals surface area (Å²) in [5.41, 5.74) is 3.98. The lowest BCUT2D eigenvalue weighted by Gasteiger charge is -2.45. The molecule has 1 unspecified atom stereocenters. The second-order valence-electron chi connectivity index (χ2n) is 7.04. The first-order valence-corrected chi connectivity index (χ1v) is 9.32. The van der Waals surface area contributed by atoms with E-state index in [2.05, 4.69) is 37.3 Å². The average molecular weight is 357 g/mol. The number of hydrogen-bond donors (Lipinski definition) is 0. The lowest BCUT2D eigenvalue weighted by Crippen LogP contribution is -2.52. The van der Waals surface area contributed by atoms with Gasteiger partial charge in [-0.1, -0.05) is 84.9 Å². The van der Waals surface area contributed by atoms with Crippen molar-refractivity contribution in [1.29, 1.82) is 0 Å². The Kier molecular flexibility index (Phi) is 4.68. The maximum absolute atomic E-state index is 13.1. The van der Waals surface area contributed by atoms with Gasteiger partial charge in [0.15, 0.2) is 0 Å². The molecule has 0 saturated carbocycles. The van der Waals surface area contributed by atoms with Gasteiger partial charge in [-0.3, -0.25) is 4.90 Å². The molecule has 0 aromatic heterocycles. The van der Waals surface area contributed by atoms with Crippen LogP contribution in [0.15, 0.2) is 84.9 Å². The van der Waals surface area contributed by atoms with Gasteiger partial charge in [-0.2, -0.15) is 0 Å². The second kappa shape index (κ2) is 7.28. The molecule has 136 valence electrons. The van der Waals surface area contributed by atoms with Crippen LogP contribution in [0, 0.1) is 0 Å². The van der Waals surface area contributed by atoms with E-state index in [0.717, 1.165) is 17.5 Å². The highest BCUT2D eigenvalue weighted by Crippen LogP contribution is 2.41. The van der Waals surface area contributed by atoms with Crippen molar-refractivity contribution >= 4 is 6.09 Å². The van der Waals surface area contributed by atoms with Crippen LogP contribution in [0.25, 0.3) is 0 Å². The second-order valence-corrected chi connectivity index (χ2v) is 7.04. The summed E-state index contributed by atoms with van der Waals surface area (Å²) >= 11 is 0. The SMILES string of the molecule is CC1(c2ccccc2)c2ccccc2CCN1C(=O)OCc1ccccc1. The molecule has 0 spiro atoms. The zero-order chi connectivity index (χ0) is 18.7. The summed E-state index contributed by atoms with van der Waals surface area (Å²) in [5.74, 6) is 0. The van der Waals surface area contributed by atoms with E-state index in [1.807, 2.05) is 59.5 Å². The zero-order valence-corrected chi connectivity index (χ0v) is 15.5. The lowest BCUT2D eigenvalue weighted by molar-refractivity contribution is 0.0586. The van der Waals surface area contributed by atoms with Crippen molar-refractivity contribution in [2.45, 2.75) is 25.5 Å². The average Bonchev–Trinajstić information content (AvgIpc) is 2.74. The Morgan fingerprint density at radius 2 is 1.56 bits per heavy atom. The molecule has 1 atom stereocenters. The number of carbonyl (C=O) groups is 1. The van der Waals surface area contributed by atoms with Gasteiger partial charge in [0.25, 0.3) is 0 Å². The van der Waals surface area contributed by atoms with Crippen molar-refractivity contribution in [3.8, 4) is 0 Å². The van der Waals surface area contributed by atoms with Gasteiger partial charge in [0.05, 0.1) is 5.54 Å².